The van der Waals surface area contributed by atoms with E-state index in [0.29, 0.717) is 0 Å². The molecular weight excluding hydrogens is 194 g/mol. The lowest BCUT2D eigenvalue weighted by molar-refractivity contribution is 0.421. The molecule has 76 valence electrons. The monoisotopic (exact) mass is 202 g/mol. The van der Waals surface area contributed by atoms with Gasteiger partial charge in [-0.05, 0) is 13.8 Å². The lowest BCUT2D eigenvalue weighted by atomic mass is 10.1. The van der Waals surface area contributed by atoms with Crippen molar-refractivity contribution < 1.29 is 18.3 Å². The van der Waals surface area contributed by atoms with Crippen molar-refractivity contribution in [3.05, 3.63) is 33.6 Å². The molecule has 14 heavy (non-hydrogen) atoms. The van der Waals surface area contributed by atoms with Gasteiger partial charge in [-0.1, -0.05) is 0 Å². The highest BCUT2D eigenvalue weighted by atomic mass is 19.2. The van der Waals surface area contributed by atoms with Gasteiger partial charge < -0.3 is 9.52 Å². The van der Waals surface area contributed by atoms with E-state index in [-0.39, 0.29) is 23.2 Å². The number of rotatable bonds is 1. The first kappa shape index (κ1) is 10.4. The smallest absolute Gasteiger partial charge is 0.342 e. The molecule has 0 radical (unpaired) electrons. The third kappa shape index (κ3) is 1.53. The fourth-order valence-corrected chi connectivity index (χ4v) is 1.01. The zero-order valence-corrected chi connectivity index (χ0v) is 7.60. The zero-order valence-electron chi connectivity index (χ0n) is 7.60. The standard InChI is InChI=1S/C9H8F2O3/c1-4-7(12)5(2)9(13)14-8(4)6(11)3-10/h3,12H,1-2H3/b6-3-. The summed E-state index contributed by atoms with van der Waals surface area (Å²) in [5, 5.41) is 9.34. The Kier molecular flexibility index (Phi) is 2.69. The van der Waals surface area contributed by atoms with Gasteiger partial charge in [0.25, 0.3) is 0 Å². The van der Waals surface area contributed by atoms with Crippen LogP contribution >= 0.6 is 0 Å². The average molecular weight is 202 g/mol. The van der Waals surface area contributed by atoms with Crippen LogP contribution in [-0.2, 0) is 0 Å². The molecule has 0 saturated heterocycles. The fraction of sp³-hybridized carbons (Fsp3) is 0.222. The topological polar surface area (TPSA) is 50.4 Å². The summed E-state index contributed by atoms with van der Waals surface area (Å²) < 4.78 is 29.1. The molecule has 1 aromatic rings. The Bertz CT molecular complexity index is 446. The van der Waals surface area contributed by atoms with Crippen LogP contribution in [0.5, 0.6) is 5.75 Å². The molecule has 0 atom stereocenters. The van der Waals surface area contributed by atoms with Gasteiger partial charge in [0.05, 0.1) is 5.56 Å². The minimum atomic E-state index is -1.32. The number of halogens is 2. The van der Waals surface area contributed by atoms with Gasteiger partial charge in [-0.3, -0.25) is 0 Å². The zero-order chi connectivity index (χ0) is 10.9. The van der Waals surface area contributed by atoms with E-state index in [9.17, 15) is 18.7 Å². The summed E-state index contributed by atoms with van der Waals surface area (Å²) in [5.74, 6) is -2.29. The third-order valence-corrected chi connectivity index (χ3v) is 1.86. The lowest BCUT2D eigenvalue weighted by Crippen LogP contribution is -2.06. The fourth-order valence-electron chi connectivity index (χ4n) is 1.01. The maximum atomic E-state index is 12.8. The third-order valence-electron chi connectivity index (χ3n) is 1.86. The van der Waals surface area contributed by atoms with Crippen LogP contribution in [0.15, 0.2) is 15.5 Å². The van der Waals surface area contributed by atoms with Crippen molar-refractivity contribution in [2.24, 2.45) is 0 Å². The quantitative estimate of drug-likeness (QED) is 0.759. The van der Waals surface area contributed by atoms with Gasteiger partial charge in [0.2, 0.25) is 0 Å². The molecule has 0 aliphatic carbocycles. The molecule has 5 heteroatoms. The predicted octanol–water partition coefficient (Wildman–Crippen LogP) is 2.20. The second-order valence-corrected chi connectivity index (χ2v) is 2.77. The molecule has 0 bridgehead atoms. The summed E-state index contributed by atoms with van der Waals surface area (Å²) in [7, 11) is 0. The second kappa shape index (κ2) is 3.61. The van der Waals surface area contributed by atoms with Crippen LogP contribution in [0.1, 0.15) is 16.9 Å². The van der Waals surface area contributed by atoms with Gasteiger partial charge in [0.15, 0.2) is 11.6 Å². The largest absolute Gasteiger partial charge is 0.507 e. The Hall–Kier alpha value is -1.65. The summed E-state index contributed by atoms with van der Waals surface area (Å²) >= 11 is 0. The van der Waals surface area contributed by atoms with Gasteiger partial charge >= 0.3 is 5.63 Å². The minimum absolute atomic E-state index is 0.00602. The van der Waals surface area contributed by atoms with Crippen molar-refractivity contribution in [1.82, 2.24) is 0 Å². The van der Waals surface area contributed by atoms with Crippen LogP contribution in [-0.4, -0.2) is 5.11 Å². The molecule has 1 N–H and O–H groups in total. The molecular formula is C9H8F2O3. The SMILES string of the molecule is Cc1c(/C(F)=C/F)oc(=O)c(C)c1O. The molecule has 0 aliphatic heterocycles. The summed E-state index contributed by atoms with van der Waals surface area (Å²) in [6, 6.07) is 0. The molecule has 0 fully saturated rings. The van der Waals surface area contributed by atoms with Crippen molar-refractivity contribution >= 4 is 5.83 Å². The van der Waals surface area contributed by atoms with Gasteiger partial charge in [0.1, 0.15) is 12.1 Å². The average Bonchev–Trinajstić information content (AvgIpc) is 2.19. The van der Waals surface area contributed by atoms with Crippen LogP contribution in [0.2, 0.25) is 0 Å². The van der Waals surface area contributed by atoms with E-state index >= 15 is 0 Å². The van der Waals surface area contributed by atoms with Gasteiger partial charge in [-0.15, -0.1) is 0 Å². The Morgan fingerprint density at radius 3 is 2.50 bits per heavy atom. The molecule has 1 rings (SSSR count). The summed E-state index contributed by atoms with van der Waals surface area (Å²) in [6.07, 6.45) is -0.333. The highest BCUT2D eigenvalue weighted by Crippen LogP contribution is 2.27. The van der Waals surface area contributed by atoms with Gasteiger partial charge in [-0.2, -0.15) is 0 Å². The molecule has 0 saturated carbocycles. The Morgan fingerprint density at radius 1 is 1.43 bits per heavy atom. The normalized spacial score (nSPS) is 11.9. The first-order valence-electron chi connectivity index (χ1n) is 3.78. The van der Waals surface area contributed by atoms with Crippen LogP contribution in [0.3, 0.4) is 0 Å². The van der Waals surface area contributed by atoms with Gasteiger partial charge in [0, 0.05) is 5.56 Å². The predicted molar refractivity (Wildman–Crippen MR) is 46.3 cm³/mol. The van der Waals surface area contributed by atoms with E-state index in [4.69, 9.17) is 0 Å². The van der Waals surface area contributed by atoms with Gasteiger partial charge in [-0.25, -0.2) is 13.6 Å². The molecule has 3 nitrogen and oxygen atoms in total. The molecule has 0 aromatic carbocycles. The molecule has 1 heterocycles. The summed E-state index contributed by atoms with van der Waals surface area (Å²) in [6.45, 7) is 2.65. The highest BCUT2D eigenvalue weighted by molar-refractivity contribution is 5.59. The summed E-state index contributed by atoms with van der Waals surface area (Å²) in [5.41, 5.74) is -0.925. The first-order valence-corrected chi connectivity index (χ1v) is 3.78. The molecule has 1 aromatic heterocycles. The number of hydrogen-bond donors (Lipinski definition) is 1. The van der Waals surface area contributed by atoms with E-state index in [2.05, 4.69) is 4.42 Å². The van der Waals surface area contributed by atoms with Crippen molar-refractivity contribution in [3.8, 4) is 5.75 Å². The van der Waals surface area contributed by atoms with Crippen molar-refractivity contribution in [2.75, 3.05) is 0 Å². The van der Waals surface area contributed by atoms with Crippen LogP contribution in [0.4, 0.5) is 8.78 Å². The van der Waals surface area contributed by atoms with Crippen LogP contribution in [0.25, 0.3) is 5.83 Å². The molecule has 0 aliphatic rings. The second-order valence-electron chi connectivity index (χ2n) is 2.77. The van der Waals surface area contributed by atoms with E-state index in [1.807, 2.05) is 0 Å². The van der Waals surface area contributed by atoms with E-state index in [0.717, 1.165) is 0 Å². The number of aromatic hydroxyl groups is 1. The Morgan fingerprint density at radius 2 is 2.00 bits per heavy atom. The van der Waals surface area contributed by atoms with Crippen molar-refractivity contribution in [3.63, 3.8) is 0 Å². The van der Waals surface area contributed by atoms with E-state index in [1.165, 1.54) is 13.8 Å². The van der Waals surface area contributed by atoms with Crippen molar-refractivity contribution in [1.29, 1.82) is 0 Å². The Labute approximate surface area is 78.3 Å². The van der Waals surface area contributed by atoms with Crippen LogP contribution in [0, 0.1) is 13.8 Å². The van der Waals surface area contributed by atoms with E-state index in [1.54, 1.807) is 0 Å². The van der Waals surface area contributed by atoms with Crippen LogP contribution < -0.4 is 5.63 Å². The molecule has 0 spiro atoms. The maximum Gasteiger partial charge on any atom is 0.342 e. The highest BCUT2D eigenvalue weighted by Gasteiger charge is 2.16. The van der Waals surface area contributed by atoms with E-state index < -0.39 is 17.2 Å². The molecule has 0 unspecified atom stereocenters. The van der Waals surface area contributed by atoms with Crippen molar-refractivity contribution in [2.45, 2.75) is 13.8 Å². The number of hydrogen-bond acceptors (Lipinski definition) is 3. The summed E-state index contributed by atoms with van der Waals surface area (Å²) in [4.78, 5) is 11.0. The first-order chi connectivity index (χ1) is 6.49. The molecule has 0 amide bonds. The maximum absolute atomic E-state index is 12.8. The lowest BCUT2D eigenvalue weighted by Gasteiger charge is -2.04. The Balaban J connectivity index is 3.57. The minimum Gasteiger partial charge on any atom is -0.507 e.